The van der Waals surface area contributed by atoms with Crippen LogP contribution in [0.3, 0.4) is 0 Å². The smallest absolute Gasteiger partial charge is 0.344 e. The molecule has 4 rings (SSSR count). The van der Waals surface area contributed by atoms with Crippen LogP contribution in [-0.4, -0.2) is 25.8 Å². The molecule has 1 heterocycles. The lowest BCUT2D eigenvalue weighted by atomic mass is 10.1. The van der Waals surface area contributed by atoms with E-state index >= 15 is 0 Å². The van der Waals surface area contributed by atoms with Crippen molar-refractivity contribution in [2.75, 3.05) is 19.8 Å². The maximum absolute atomic E-state index is 13.2. The van der Waals surface area contributed by atoms with Gasteiger partial charge in [0.25, 0.3) is 0 Å². The summed E-state index contributed by atoms with van der Waals surface area (Å²) in [4.78, 5) is 25.3. The maximum atomic E-state index is 13.2. The van der Waals surface area contributed by atoms with E-state index < -0.39 is 18.0 Å². The van der Waals surface area contributed by atoms with Crippen LogP contribution in [0.15, 0.2) is 82.0 Å². The van der Waals surface area contributed by atoms with E-state index in [1.54, 1.807) is 48.5 Å². The molecule has 1 aromatic heterocycles. The Morgan fingerprint density at radius 2 is 1.64 bits per heavy atom. The van der Waals surface area contributed by atoms with Crippen LogP contribution in [0.2, 0.25) is 10.0 Å². The van der Waals surface area contributed by atoms with E-state index in [2.05, 4.69) is 0 Å². The normalized spacial score (nSPS) is 10.7. The number of hydrogen-bond donors (Lipinski definition) is 0. The van der Waals surface area contributed by atoms with Gasteiger partial charge in [-0.1, -0.05) is 53.5 Å². The van der Waals surface area contributed by atoms with Crippen molar-refractivity contribution in [3.63, 3.8) is 0 Å². The Kier molecular flexibility index (Phi) is 7.17. The number of hydrogen-bond acceptors (Lipinski definition) is 6. The number of fused-ring (bicyclic) bond motifs is 1. The summed E-state index contributed by atoms with van der Waals surface area (Å²) in [6.45, 7) is -0.298. The predicted molar refractivity (Wildman–Crippen MR) is 126 cm³/mol. The molecule has 0 fully saturated rings. The van der Waals surface area contributed by atoms with E-state index in [0.29, 0.717) is 26.9 Å². The molecule has 0 unspecified atom stereocenters. The van der Waals surface area contributed by atoms with Crippen molar-refractivity contribution in [1.82, 2.24) is 0 Å². The molecule has 0 aliphatic carbocycles. The second-order valence-electron chi connectivity index (χ2n) is 6.88. The lowest BCUT2D eigenvalue weighted by molar-refractivity contribution is -0.146. The number of carbonyl (C=O) groups is 1. The van der Waals surface area contributed by atoms with Crippen molar-refractivity contribution in [1.29, 1.82) is 0 Å². The van der Waals surface area contributed by atoms with Crippen LogP contribution >= 0.6 is 23.2 Å². The Bertz CT molecular complexity index is 1330. The van der Waals surface area contributed by atoms with Gasteiger partial charge in [0.05, 0.1) is 10.4 Å². The minimum absolute atomic E-state index is 0.0242. The lowest BCUT2D eigenvalue weighted by Gasteiger charge is -2.13. The molecule has 0 atom stereocenters. The van der Waals surface area contributed by atoms with Gasteiger partial charge in [0.15, 0.2) is 12.4 Å². The summed E-state index contributed by atoms with van der Waals surface area (Å²) in [5, 5.41) is 0.946. The first-order valence-corrected chi connectivity index (χ1v) is 10.8. The SMILES string of the molecule is O=C(COc1c(-c2ccccc2Cl)oc2ccc(Cl)cc2c1=O)OCCOc1ccccc1. The zero-order valence-electron chi connectivity index (χ0n) is 17.3. The van der Waals surface area contributed by atoms with E-state index in [1.165, 1.54) is 6.07 Å². The highest BCUT2D eigenvalue weighted by atomic mass is 35.5. The maximum Gasteiger partial charge on any atom is 0.344 e. The number of halogens is 2. The highest BCUT2D eigenvalue weighted by molar-refractivity contribution is 6.33. The van der Waals surface area contributed by atoms with Gasteiger partial charge in [0.1, 0.15) is 24.5 Å². The highest BCUT2D eigenvalue weighted by Gasteiger charge is 2.21. The van der Waals surface area contributed by atoms with Gasteiger partial charge in [-0.3, -0.25) is 4.79 Å². The molecular formula is C25H18Cl2O6. The molecule has 0 aliphatic rings. The Labute approximate surface area is 199 Å². The number of benzene rings is 3. The molecule has 0 saturated heterocycles. The van der Waals surface area contributed by atoms with Gasteiger partial charge in [-0.05, 0) is 42.5 Å². The molecule has 4 aromatic rings. The van der Waals surface area contributed by atoms with Gasteiger partial charge in [-0.2, -0.15) is 0 Å². The standard InChI is InChI=1S/C25H18Cl2O6/c26-16-10-11-21-19(14-16)23(29)25(24(33-21)18-8-4-5-9-20(18)27)32-15-22(28)31-13-12-30-17-6-2-1-3-7-17/h1-11,14H,12-13,15H2. The molecule has 0 aliphatic heterocycles. The van der Waals surface area contributed by atoms with E-state index in [1.807, 2.05) is 18.2 Å². The van der Waals surface area contributed by atoms with Crippen LogP contribution in [0.4, 0.5) is 0 Å². The third-order valence-electron chi connectivity index (χ3n) is 4.62. The van der Waals surface area contributed by atoms with E-state index in [-0.39, 0.29) is 30.1 Å². The molecule has 0 saturated carbocycles. The van der Waals surface area contributed by atoms with Crippen LogP contribution in [0.5, 0.6) is 11.5 Å². The Morgan fingerprint density at radius 3 is 2.42 bits per heavy atom. The number of ether oxygens (including phenoxy) is 3. The Hall–Kier alpha value is -3.48. The average molecular weight is 485 g/mol. The summed E-state index contributed by atoms with van der Waals surface area (Å²) >= 11 is 12.4. The minimum Gasteiger partial charge on any atom is -0.490 e. The summed E-state index contributed by atoms with van der Waals surface area (Å²) in [5.41, 5.74) is 0.286. The van der Waals surface area contributed by atoms with Gasteiger partial charge in [-0.15, -0.1) is 0 Å². The van der Waals surface area contributed by atoms with Crippen molar-refractivity contribution < 1.29 is 23.4 Å². The molecule has 168 valence electrons. The first kappa shape index (κ1) is 22.7. The first-order chi connectivity index (χ1) is 16.0. The van der Waals surface area contributed by atoms with Crippen molar-refractivity contribution in [3.05, 3.63) is 93.1 Å². The zero-order valence-corrected chi connectivity index (χ0v) is 18.8. The van der Waals surface area contributed by atoms with Gasteiger partial charge in [0, 0.05) is 10.6 Å². The number of esters is 1. The van der Waals surface area contributed by atoms with Gasteiger partial charge < -0.3 is 18.6 Å². The summed E-state index contributed by atoms with van der Waals surface area (Å²) in [7, 11) is 0. The molecule has 0 radical (unpaired) electrons. The fraction of sp³-hybridized carbons (Fsp3) is 0.120. The van der Waals surface area contributed by atoms with Crippen LogP contribution < -0.4 is 14.9 Å². The summed E-state index contributed by atoms with van der Waals surface area (Å²) < 4.78 is 22.1. The molecule has 8 heteroatoms. The quantitative estimate of drug-likeness (QED) is 0.233. The summed E-state index contributed by atoms with van der Waals surface area (Å²) in [5.74, 6) is -0.0417. The van der Waals surface area contributed by atoms with E-state index in [0.717, 1.165) is 0 Å². The average Bonchev–Trinajstić information content (AvgIpc) is 2.82. The van der Waals surface area contributed by atoms with E-state index in [9.17, 15) is 9.59 Å². The molecule has 3 aromatic carbocycles. The second kappa shape index (κ2) is 10.4. The second-order valence-corrected chi connectivity index (χ2v) is 7.72. The summed E-state index contributed by atoms with van der Waals surface area (Å²) in [6, 6.07) is 20.7. The van der Waals surface area contributed by atoms with Crippen molar-refractivity contribution in [2.45, 2.75) is 0 Å². The zero-order chi connectivity index (χ0) is 23.2. The molecule has 6 nitrogen and oxygen atoms in total. The third kappa shape index (κ3) is 5.48. The predicted octanol–water partition coefficient (Wildman–Crippen LogP) is 5.77. The lowest BCUT2D eigenvalue weighted by Crippen LogP contribution is -2.21. The number of para-hydroxylation sites is 1. The van der Waals surface area contributed by atoms with Gasteiger partial charge in [0.2, 0.25) is 11.2 Å². The van der Waals surface area contributed by atoms with Crippen molar-refractivity contribution in [3.8, 4) is 22.8 Å². The van der Waals surface area contributed by atoms with Crippen molar-refractivity contribution in [2.24, 2.45) is 0 Å². The van der Waals surface area contributed by atoms with Crippen LogP contribution in [0, 0.1) is 0 Å². The monoisotopic (exact) mass is 484 g/mol. The van der Waals surface area contributed by atoms with Gasteiger partial charge in [-0.25, -0.2) is 4.79 Å². The van der Waals surface area contributed by atoms with E-state index in [4.69, 9.17) is 41.8 Å². The molecule has 33 heavy (non-hydrogen) atoms. The Morgan fingerprint density at radius 1 is 0.879 bits per heavy atom. The van der Waals surface area contributed by atoms with Crippen LogP contribution in [0.25, 0.3) is 22.3 Å². The third-order valence-corrected chi connectivity index (χ3v) is 5.19. The molecule has 0 N–H and O–H groups in total. The fourth-order valence-electron chi connectivity index (χ4n) is 3.11. The molecular weight excluding hydrogens is 467 g/mol. The molecule has 0 amide bonds. The van der Waals surface area contributed by atoms with Gasteiger partial charge >= 0.3 is 5.97 Å². The largest absolute Gasteiger partial charge is 0.490 e. The fourth-order valence-corrected chi connectivity index (χ4v) is 3.50. The van der Waals surface area contributed by atoms with Crippen molar-refractivity contribution >= 4 is 40.1 Å². The Balaban J connectivity index is 1.51. The first-order valence-electron chi connectivity index (χ1n) is 10.0. The topological polar surface area (TPSA) is 75.0 Å². The molecule has 0 spiro atoms. The minimum atomic E-state index is -0.664. The van der Waals surface area contributed by atoms with Crippen LogP contribution in [-0.2, 0) is 9.53 Å². The number of rotatable bonds is 8. The number of carbonyl (C=O) groups excluding carboxylic acids is 1. The van der Waals surface area contributed by atoms with Crippen LogP contribution in [0.1, 0.15) is 0 Å². The summed E-state index contributed by atoms with van der Waals surface area (Å²) in [6.07, 6.45) is 0. The molecule has 0 bridgehead atoms. The highest BCUT2D eigenvalue weighted by Crippen LogP contribution is 2.35.